The lowest BCUT2D eigenvalue weighted by atomic mass is 10.1. The van der Waals surface area contributed by atoms with Gasteiger partial charge in [0.05, 0.1) is 0 Å². The molecule has 7 heteroatoms. The Kier molecular flexibility index (Phi) is 5.49. The van der Waals surface area contributed by atoms with Gasteiger partial charge < -0.3 is 15.3 Å². The maximum absolute atomic E-state index is 11.8. The van der Waals surface area contributed by atoms with E-state index in [1.54, 1.807) is 30.3 Å². The van der Waals surface area contributed by atoms with Crippen LogP contribution in [0.5, 0.6) is 0 Å². The van der Waals surface area contributed by atoms with Crippen molar-refractivity contribution in [2.24, 2.45) is 5.90 Å². The Morgan fingerprint density at radius 2 is 1.89 bits per heavy atom. The number of nitrogens with two attached hydrogens (primary N) is 1. The standard InChI is InChI=1S/C12H14N2O5/c13-19-10(15)7-6-9(12(17)18)14-11(16)8-4-2-1-3-5-8/h1-5,9H,6-7,13H2,(H,14,16)(H,17,18)/t9-/m0/s1. The van der Waals surface area contributed by atoms with E-state index in [4.69, 9.17) is 5.11 Å². The summed E-state index contributed by atoms with van der Waals surface area (Å²) in [5.74, 6) is 2.16. The summed E-state index contributed by atoms with van der Waals surface area (Å²) in [7, 11) is 0. The number of nitrogens with one attached hydrogen (secondary N) is 1. The SMILES string of the molecule is NOC(=O)CC[C@H](NC(=O)c1ccccc1)C(=O)O. The molecule has 0 unspecified atom stereocenters. The van der Waals surface area contributed by atoms with Gasteiger partial charge in [0, 0.05) is 12.0 Å². The summed E-state index contributed by atoms with van der Waals surface area (Å²) in [5, 5.41) is 11.3. The number of aliphatic carboxylic acids is 1. The monoisotopic (exact) mass is 266 g/mol. The van der Waals surface area contributed by atoms with Crippen molar-refractivity contribution >= 4 is 17.8 Å². The Morgan fingerprint density at radius 1 is 1.26 bits per heavy atom. The van der Waals surface area contributed by atoms with Crippen molar-refractivity contribution in [2.75, 3.05) is 0 Å². The zero-order chi connectivity index (χ0) is 14.3. The van der Waals surface area contributed by atoms with Gasteiger partial charge in [0.2, 0.25) is 0 Å². The zero-order valence-electron chi connectivity index (χ0n) is 10.0. The van der Waals surface area contributed by atoms with Crippen LogP contribution < -0.4 is 11.2 Å². The highest BCUT2D eigenvalue weighted by Gasteiger charge is 2.21. The number of hydrogen-bond donors (Lipinski definition) is 3. The van der Waals surface area contributed by atoms with Gasteiger partial charge in [-0.25, -0.2) is 4.79 Å². The first-order valence-electron chi connectivity index (χ1n) is 5.53. The zero-order valence-corrected chi connectivity index (χ0v) is 10.0. The molecule has 0 saturated carbocycles. The lowest BCUT2D eigenvalue weighted by molar-refractivity contribution is -0.145. The highest BCUT2D eigenvalue weighted by Crippen LogP contribution is 2.03. The fraction of sp³-hybridized carbons (Fsp3) is 0.250. The number of carbonyl (C=O) groups excluding carboxylic acids is 2. The van der Waals surface area contributed by atoms with Gasteiger partial charge in [-0.15, -0.1) is 0 Å². The van der Waals surface area contributed by atoms with Crippen LogP contribution in [0.4, 0.5) is 0 Å². The van der Waals surface area contributed by atoms with Crippen LogP contribution in [0.3, 0.4) is 0 Å². The Bertz CT molecular complexity index is 460. The second-order valence-electron chi connectivity index (χ2n) is 3.76. The van der Waals surface area contributed by atoms with Gasteiger partial charge in [0.15, 0.2) is 0 Å². The molecule has 1 rings (SSSR count). The van der Waals surface area contributed by atoms with Gasteiger partial charge in [-0.1, -0.05) is 18.2 Å². The van der Waals surface area contributed by atoms with Crippen LogP contribution in [0.1, 0.15) is 23.2 Å². The van der Waals surface area contributed by atoms with E-state index in [0.29, 0.717) is 5.56 Å². The van der Waals surface area contributed by atoms with Crippen LogP contribution in [-0.2, 0) is 14.4 Å². The van der Waals surface area contributed by atoms with Crippen LogP contribution in [0.2, 0.25) is 0 Å². The molecule has 0 aromatic heterocycles. The number of hydrogen-bond acceptors (Lipinski definition) is 5. The molecule has 4 N–H and O–H groups in total. The van der Waals surface area contributed by atoms with Gasteiger partial charge in [-0.05, 0) is 18.6 Å². The predicted molar refractivity (Wildman–Crippen MR) is 64.8 cm³/mol. The van der Waals surface area contributed by atoms with E-state index in [-0.39, 0.29) is 12.8 Å². The Labute approximate surface area is 109 Å². The van der Waals surface area contributed by atoms with Crippen molar-refractivity contribution in [3.05, 3.63) is 35.9 Å². The molecule has 0 heterocycles. The molecule has 0 aliphatic heterocycles. The van der Waals surface area contributed by atoms with Crippen molar-refractivity contribution < 1.29 is 24.3 Å². The van der Waals surface area contributed by atoms with Crippen molar-refractivity contribution in [3.8, 4) is 0 Å². The molecule has 0 radical (unpaired) electrons. The summed E-state index contributed by atoms with van der Waals surface area (Å²) in [6.45, 7) is 0. The van der Waals surface area contributed by atoms with E-state index in [1.165, 1.54) is 0 Å². The van der Waals surface area contributed by atoms with Crippen LogP contribution >= 0.6 is 0 Å². The third kappa shape index (κ3) is 4.76. The average molecular weight is 266 g/mol. The predicted octanol–water partition coefficient (Wildman–Crippen LogP) is 0.0667. The number of amides is 1. The third-order valence-corrected chi connectivity index (χ3v) is 2.41. The molecular formula is C12H14N2O5. The minimum absolute atomic E-state index is 0.0933. The molecule has 1 aromatic carbocycles. The molecular weight excluding hydrogens is 252 g/mol. The van der Waals surface area contributed by atoms with Crippen molar-refractivity contribution in [1.82, 2.24) is 5.32 Å². The maximum Gasteiger partial charge on any atom is 0.326 e. The molecule has 0 aliphatic carbocycles. The minimum Gasteiger partial charge on any atom is -0.480 e. The molecule has 1 atom stereocenters. The summed E-state index contributed by atoms with van der Waals surface area (Å²) in [6.07, 6.45) is -0.285. The van der Waals surface area contributed by atoms with E-state index in [1.807, 2.05) is 0 Å². The summed E-state index contributed by atoms with van der Waals surface area (Å²) < 4.78 is 0. The normalized spacial score (nSPS) is 11.4. The van der Waals surface area contributed by atoms with E-state index >= 15 is 0 Å². The highest BCUT2D eigenvalue weighted by atomic mass is 16.7. The van der Waals surface area contributed by atoms with E-state index < -0.39 is 23.9 Å². The Hall–Kier alpha value is -2.41. The van der Waals surface area contributed by atoms with Gasteiger partial charge >= 0.3 is 11.9 Å². The van der Waals surface area contributed by atoms with Crippen LogP contribution in [0, 0.1) is 0 Å². The summed E-state index contributed by atoms with van der Waals surface area (Å²) in [4.78, 5) is 37.5. The molecule has 0 bridgehead atoms. The van der Waals surface area contributed by atoms with E-state index in [9.17, 15) is 14.4 Å². The fourth-order valence-electron chi connectivity index (χ4n) is 1.41. The molecule has 19 heavy (non-hydrogen) atoms. The number of rotatable bonds is 6. The number of benzene rings is 1. The number of carbonyl (C=O) groups is 3. The second kappa shape index (κ2) is 7.12. The molecule has 0 aliphatic rings. The molecule has 7 nitrogen and oxygen atoms in total. The molecule has 1 amide bonds. The molecule has 102 valence electrons. The molecule has 1 aromatic rings. The lowest BCUT2D eigenvalue weighted by Gasteiger charge is -2.13. The van der Waals surface area contributed by atoms with E-state index in [0.717, 1.165) is 0 Å². The third-order valence-electron chi connectivity index (χ3n) is 2.41. The van der Waals surface area contributed by atoms with Crippen molar-refractivity contribution in [1.29, 1.82) is 0 Å². The molecule has 0 spiro atoms. The number of carboxylic acids is 1. The quantitative estimate of drug-likeness (QED) is 0.627. The fourth-order valence-corrected chi connectivity index (χ4v) is 1.41. The Balaban J connectivity index is 2.61. The van der Waals surface area contributed by atoms with Gasteiger partial charge in [-0.3, -0.25) is 9.59 Å². The van der Waals surface area contributed by atoms with Gasteiger partial charge in [0.25, 0.3) is 5.91 Å². The van der Waals surface area contributed by atoms with Gasteiger partial charge in [-0.2, -0.15) is 5.90 Å². The summed E-state index contributed by atoms with van der Waals surface area (Å²) >= 11 is 0. The maximum atomic E-state index is 11.8. The largest absolute Gasteiger partial charge is 0.480 e. The van der Waals surface area contributed by atoms with Crippen molar-refractivity contribution in [2.45, 2.75) is 18.9 Å². The molecule has 0 saturated heterocycles. The topological polar surface area (TPSA) is 119 Å². The highest BCUT2D eigenvalue weighted by molar-refractivity contribution is 5.96. The first kappa shape index (κ1) is 14.7. The average Bonchev–Trinajstić information content (AvgIpc) is 2.43. The van der Waals surface area contributed by atoms with E-state index in [2.05, 4.69) is 16.1 Å². The lowest BCUT2D eigenvalue weighted by Crippen LogP contribution is -2.41. The van der Waals surface area contributed by atoms with Crippen molar-refractivity contribution in [3.63, 3.8) is 0 Å². The summed E-state index contributed by atoms with van der Waals surface area (Å²) in [5.41, 5.74) is 0.343. The molecule has 0 fully saturated rings. The first-order valence-corrected chi connectivity index (χ1v) is 5.53. The van der Waals surface area contributed by atoms with Gasteiger partial charge in [0.1, 0.15) is 6.04 Å². The Morgan fingerprint density at radius 3 is 2.42 bits per heavy atom. The number of carboxylic acid groups (broad SMARTS) is 1. The minimum atomic E-state index is -1.23. The first-order chi connectivity index (χ1) is 9.04. The smallest absolute Gasteiger partial charge is 0.326 e. The van der Waals surface area contributed by atoms with Crippen LogP contribution in [0.15, 0.2) is 30.3 Å². The van der Waals surface area contributed by atoms with Crippen LogP contribution in [-0.4, -0.2) is 29.0 Å². The summed E-state index contributed by atoms with van der Waals surface area (Å²) in [6, 6.07) is 7.01. The second-order valence-corrected chi connectivity index (χ2v) is 3.76. The van der Waals surface area contributed by atoms with Crippen LogP contribution in [0.25, 0.3) is 0 Å².